The van der Waals surface area contributed by atoms with Crippen LogP contribution in [0.3, 0.4) is 0 Å². The van der Waals surface area contributed by atoms with E-state index in [1.807, 2.05) is 6.08 Å². The third-order valence-corrected chi connectivity index (χ3v) is 15.9. The Bertz CT molecular complexity index is 506. The van der Waals surface area contributed by atoms with Gasteiger partial charge in [0.2, 0.25) is 0 Å². The summed E-state index contributed by atoms with van der Waals surface area (Å²) in [5, 5.41) is 9.61. The molecule has 0 aromatic rings. The Morgan fingerprint density at radius 2 is 1.32 bits per heavy atom. The first-order chi connectivity index (χ1) is 12.6. The molecule has 0 spiro atoms. The Labute approximate surface area is 176 Å². The summed E-state index contributed by atoms with van der Waals surface area (Å²) in [6, 6.07) is 0. The van der Waals surface area contributed by atoms with Crippen LogP contribution >= 0.6 is 0 Å². The predicted octanol–water partition coefficient (Wildman–Crippen LogP) is 5.88. The first kappa shape index (κ1) is 26.0. The zero-order chi connectivity index (χ0) is 22.0. The molecule has 0 aromatic heterocycles. The zero-order valence-corrected chi connectivity index (χ0v) is 22.1. The molecule has 1 aliphatic rings. The summed E-state index contributed by atoms with van der Waals surface area (Å²) >= 11 is 0. The van der Waals surface area contributed by atoms with Gasteiger partial charge in [-0.3, -0.25) is 0 Å². The van der Waals surface area contributed by atoms with Crippen LogP contribution in [0.15, 0.2) is 12.7 Å². The number of aliphatic hydroxyl groups is 1. The summed E-state index contributed by atoms with van der Waals surface area (Å²) in [4.78, 5) is 0. The Balaban J connectivity index is 3.26. The standard InChI is InChI=1S/C22H46O4Si2/c1-12-14-17-19(25-27(8,9)21(2,3)4)20(18(24-17)15-13-16-23)26-28(10,11)22(5,6)7/h12,17-20,23H,1,13-16H2,2-11H3/t17-,18+,19-,20-/m1/s1. The van der Waals surface area contributed by atoms with Crippen molar-refractivity contribution in [2.75, 3.05) is 6.61 Å². The maximum absolute atomic E-state index is 9.37. The molecule has 166 valence electrons. The van der Waals surface area contributed by atoms with E-state index in [0.29, 0.717) is 0 Å². The number of ether oxygens (including phenoxy) is 1. The van der Waals surface area contributed by atoms with Crippen LogP contribution in [-0.2, 0) is 13.6 Å². The molecule has 0 radical (unpaired) electrons. The van der Waals surface area contributed by atoms with Gasteiger partial charge in [-0.2, -0.15) is 0 Å². The van der Waals surface area contributed by atoms with Crippen molar-refractivity contribution in [2.45, 2.75) is 121 Å². The molecule has 1 aliphatic heterocycles. The molecule has 1 fully saturated rings. The van der Waals surface area contributed by atoms with Gasteiger partial charge in [0.15, 0.2) is 16.6 Å². The second kappa shape index (κ2) is 9.44. The Kier molecular flexibility index (Phi) is 8.78. The van der Waals surface area contributed by atoms with Gasteiger partial charge in [0.25, 0.3) is 0 Å². The van der Waals surface area contributed by atoms with Crippen molar-refractivity contribution < 1.29 is 18.7 Å². The molecule has 0 saturated carbocycles. The summed E-state index contributed by atoms with van der Waals surface area (Å²) in [6.07, 6.45) is 3.93. The molecule has 1 heterocycles. The molecule has 1 saturated heterocycles. The molecular weight excluding hydrogens is 384 g/mol. The van der Waals surface area contributed by atoms with Crippen molar-refractivity contribution in [3.63, 3.8) is 0 Å². The van der Waals surface area contributed by atoms with Crippen molar-refractivity contribution in [2.24, 2.45) is 0 Å². The molecule has 4 atom stereocenters. The van der Waals surface area contributed by atoms with E-state index in [0.717, 1.165) is 19.3 Å². The molecule has 4 nitrogen and oxygen atoms in total. The maximum Gasteiger partial charge on any atom is 0.192 e. The highest BCUT2D eigenvalue weighted by Gasteiger charge is 2.52. The van der Waals surface area contributed by atoms with Gasteiger partial charge in [0.1, 0.15) is 0 Å². The number of hydrogen-bond acceptors (Lipinski definition) is 4. The Morgan fingerprint density at radius 3 is 1.68 bits per heavy atom. The minimum atomic E-state index is -2.00. The van der Waals surface area contributed by atoms with Crippen LogP contribution in [0.2, 0.25) is 36.3 Å². The highest BCUT2D eigenvalue weighted by molar-refractivity contribution is 6.74. The monoisotopic (exact) mass is 430 g/mol. The third kappa shape index (κ3) is 6.25. The van der Waals surface area contributed by atoms with Gasteiger partial charge in [-0.15, -0.1) is 6.58 Å². The highest BCUT2D eigenvalue weighted by atomic mass is 28.4. The molecule has 1 N–H and O–H groups in total. The van der Waals surface area contributed by atoms with E-state index in [1.54, 1.807) is 0 Å². The normalized spacial score (nSPS) is 27.2. The topological polar surface area (TPSA) is 47.9 Å². The van der Waals surface area contributed by atoms with Crippen molar-refractivity contribution >= 4 is 16.6 Å². The van der Waals surface area contributed by atoms with E-state index in [-0.39, 0.29) is 41.1 Å². The number of hydrogen-bond donors (Lipinski definition) is 1. The lowest BCUT2D eigenvalue weighted by Crippen LogP contribution is -2.54. The molecule has 0 aromatic carbocycles. The molecule has 0 unspecified atom stereocenters. The average molecular weight is 431 g/mol. The van der Waals surface area contributed by atoms with E-state index in [9.17, 15) is 5.11 Å². The van der Waals surface area contributed by atoms with Crippen LogP contribution in [-0.4, -0.2) is 52.8 Å². The molecular formula is C22H46O4Si2. The highest BCUT2D eigenvalue weighted by Crippen LogP contribution is 2.44. The lowest BCUT2D eigenvalue weighted by Gasteiger charge is -2.44. The van der Waals surface area contributed by atoms with E-state index in [1.165, 1.54) is 0 Å². The Hall–Kier alpha value is 0.0138. The van der Waals surface area contributed by atoms with E-state index in [2.05, 4.69) is 74.3 Å². The SMILES string of the molecule is C=CC[C@H]1O[C@@H](CCCO)[C@@H](O[Si](C)(C)C(C)(C)C)[C@@H]1O[Si](C)(C)C(C)(C)C. The van der Waals surface area contributed by atoms with Crippen molar-refractivity contribution in [1.82, 2.24) is 0 Å². The van der Waals surface area contributed by atoms with Gasteiger partial charge in [-0.1, -0.05) is 47.6 Å². The Morgan fingerprint density at radius 1 is 0.893 bits per heavy atom. The van der Waals surface area contributed by atoms with Crippen LogP contribution in [0.5, 0.6) is 0 Å². The van der Waals surface area contributed by atoms with Gasteiger partial charge in [0, 0.05) is 6.61 Å². The van der Waals surface area contributed by atoms with Crippen LogP contribution in [0.1, 0.15) is 60.8 Å². The lowest BCUT2D eigenvalue weighted by molar-refractivity contribution is 0.00492. The van der Waals surface area contributed by atoms with Crippen molar-refractivity contribution in [1.29, 1.82) is 0 Å². The fraction of sp³-hybridized carbons (Fsp3) is 0.909. The second-order valence-corrected chi connectivity index (χ2v) is 20.8. The van der Waals surface area contributed by atoms with E-state index < -0.39 is 16.6 Å². The van der Waals surface area contributed by atoms with Crippen LogP contribution in [0.4, 0.5) is 0 Å². The van der Waals surface area contributed by atoms with Gasteiger partial charge in [-0.05, 0) is 55.5 Å². The van der Waals surface area contributed by atoms with Gasteiger partial charge < -0.3 is 18.7 Å². The summed E-state index contributed by atoms with van der Waals surface area (Å²) in [7, 11) is -3.99. The minimum absolute atomic E-state index is 0.0370. The maximum atomic E-state index is 9.37. The van der Waals surface area contributed by atoms with Crippen LogP contribution in [0.25, 0.3) is 0 Å². The largest absolute Gasteiger partial charge is 0.409 e. The zero-order valence-electron chi connectivity index (χ0n) is 20.1. The molecule has 0 bridgehead atoms. The first-order valence-electron chi connectivity index (χ1n) is 10.8. The summed E-state index contributed by atoms with van der Waals surface area (Å²) in [6.45, 7) is 26.9. The van der Waals surface area contributed by atoms with E-state index in [4.69, 9.17) is 13.6 Å². The second-order valence-electron chi connectivity index (χ2n) is 11.3. The van der Waals surface area contributed by atoms with Gasteiger partial charge >= 0.3 is 0 Å². The van der Waals surface area contributed by atoms with E-state index >= 15 is 0 Å². The number of aliphatic hydroxyl groups excluding tert-OH is 1. The predicted molar refractivity (Wildman–Crippen MR) is 124 cm³/mol. The quantitative estimate of drug-likeness (QED) is 0.366. The first-order valence-corrected chi connectivity index (χ1v) is 16.6. The summed E-state index contributed by atoms with van der Waals surface area (Å²) < 4.78 is 20.3. The van der Waals surface area contributed by atoms with Crippen molar-refractivity contribution in [3.8, 4) is 0 Å². The third-order valence-electron chi connectivity index (χ3n) is 6.93. The fourth-order valence-corrected chi connectivity index (χ4v) is 5.64. The minimum Gasteiger partial charge on any atom is -0.409 e. The lowest BCUT2D eigenvalue weighted by atomic mass is 10.0. The smallest absolute Gasteiger partial charge is 0.192 e. The molecule has 1 rings (SSSR count). The van der Waals surface area contributed by atoms with Crippen LogP contribution in [0, 0.1) is 0 Å². The number of rotatable bonds is 9. The molecule has 0 amide bonds. The average Bonchev–Trinajstić information content (AvgIpc) is 2.80. The van der Waals surface area contributed by atoms with Gasteiger partial charge in [-0.25, -0.2) is 0 Å². The summed E-state index contributed by atoms with van der Waals surface area (Å²) in [5.41, 5.74) is 0. The molecule has 28 heavy (non-hydrogen) atoms. The molecule has 0 aliphatic carbocycles. The van der Waals surface area contributed by atoms with Gasteiger partial charge in [0.05, 0.1) is 24.4 Å². The van der Waals surface area contributed by atoms with Crippen molar-refractivity contribution in [3.05, 3.63) is 12.7 Å². The fourth-order valence-electron chi connectivity index (χ4n) is 3.00. The molecule has 6 heteroatoms. The van der Waals surface area contributed by atoms with Crippen LogP contribution < -0.4 is 0 Å². The summed E-state index contributed by atoms with van der Waals surface area (Å²) in [5.74, 6) is 0.